The lowest BCUT2D eigenvalue weighted by Crippen LogP contribution is -2.43. The van der Waals surface area contributed by atoms with Crippen molar-refractivity contribution in [2.45, 2.75) is 59.0 Å². The first-order valence-electron chi connectivity index (χ1n) is 6.39. The van der Waals surface area contributed by atoms with Gasteiger partial charge in [0.2, 0.25) is 0 Å². The lowest BCUT2D eigenvalue weighted by Gasteiger charge is -2.29. The molecule has 2 heteroatoms. The lowest BCUT2D eigenvalue weighted by molar-refractivity contribution is 0.201. The molecule has 0 spiro atoms. The van der Waals surface area contributed by atoms with Crippen molar-refractivity contribution in [3.05, 3.63) is 0 Å². The van der Waals surface area contributed by atoms with E-state index in [0.29, 0.717) is 0 Å². The zero-order valence-corrected chi connectivity index (χ0v) is 11.1. The molecule has 0 aliphatic carbocycles. The minimum Gasteiger partial charge on any atom is -0.311 e. The first-order valence-corrected chi connectivity index (χ1v) is 6.39. The highest BCUT2D eigenvalue weighted by Crippen LogP contribution is 2.22. The molecule has 0 aromatic carbocycles. The summed E-state index contributed by atoms with van der Waals surface area (Å²) in [5.74, 6) is 0.808. The first-order chi connectivity index (χ1) is 6.90. The summed E-state index contributed by atoms with van der Waals surface area (Å²) in [6.45, 7) is 15.0. The number of nitrogens with one attached hydrogen (secondary N) is 1. The van der Waals surface area contributed by atoms with Crippen LogP contribution in [0, 0.1) is 5.92 Å². The second-order valence-electron chi connectivity index (χ2n) is 6.17. The third kappa shape index (κ3) is 4.52. The van der Waals surface area contributed by atoms with Gasteiger partial charge in [-0.1, -0.05) is 13.8 Å². The minimum atomic E-state index is 0.257. The third-order valence-corrected chi connectivity index (χ3v) is 3.24. The molecule has 1 heterocycles. The molecule has 0 radical (unpaired) electrons. The van der Waals surface area contributed by atoms with Crippen LogP contribution in [0.15, 0.2) is 0 Å². The predicted molar refractivity (Wildman–Crippen MR) is 67.2 cm³/mol. The Kier molecular flexibility index (Phi) is 4.60. The van der Waals surface area contributed by atoms with Crippen molar-refractivity contribution in [3.63, 3.8) is 0 Å². The van der Waals surface area contributed by atoms with Gasteiger partial charge in [-0.15, -0.1) is 0 Å². The van der Waals surface area contributed by atoms with E-state index >= 15 is 0 Å². The van der Waals surface area contributed by atoms with Crippen LogP contribution < -0.4 is 5.32 Å². The number of hydrogen-bond donors (Lipinski definition) is 1. The first kappa shape index (κ1) is 13.0. The second-order valence-corrected chi connectivity index (χ2v) is 6.17. The standard InChI is InChI=1S/C13H28N2/c1-11(2)12-7-6-9-15(12)10-8-14-13(3,4)5/h11-12,14H,6-10H2,1-5H3. The fourth-order valence-electron chi connectivity index (χ4n) is 2.46. The summed E-state index contributed by atoms with van der Waals surface area (Å²) < 4.78 is 0. The maximum Gasteiger partial charge on any atom is 0.0119 e. The molecule has 1 atom stereocenters. The Morgan fingerprint density at radius 1 is 1.33 bits per heavy atom. The molecule has 0 bridgehead atoms. The number of likely N-dealkylation sites (tertiary alicyclic amines) is 1. The summed E-state index contributed by atoms with van der Waals surface area (Å²) in [6, 6.07) is 0.826. The van der Waals surface area contributed by atoms with Crippen LogP contribution >= 0.6 is 0 Å². The molecule has 0 saturated carbocycles. The van der Waals surface area contributed by atoms with Crippen LogP contribution in [0.3, 0.4) is 0 Å². The summed E-state index contributed by atoms with van der Waals surface area (Å²) in [6.07, 6.45) is 2.78. The molecular formula is C13H28N2. The van der Waals surface area contributed by atoms with Gasteiger partial charge in [-0.05, 0) is 46.1 Å². The smallest absolute Gasteiger partial charge is 0.0119 e. The molecule has 0 aromatic rings. The topological polar surface area (TPSA) is 15.3 Å². The summed E-state index contributed by atoms with van der Waals surface area (Å²) >= 11 is 0. The van der Waals surface area contributed by atoms with Gasteiger partial charge >= 0.3 is 0 Å². The second kappa shape index (κ2) is 5.31. The highest BCUT2D eigenvalue weighted by atomic mass is 15.2. The molecule has 2 nitrogen and oxygen atoms in total. The van der Waals surface area contributed by atoms with Gasteiger partial charge in [0.25, 0.3) is 0 Å². The molecule has 1 aliphatic rings. The Balaban J connectivity index is 2.26. The van der Waals surface area contributed by atoms with Crippen LogP contribution in [0.25, 0.3) is 0 Å². The van der Waals surface area contributed by atoms with E-state index in [2.05, 4.69) is 44.8 Å². The van der Waals surface area contributed by atoms with Crippen LogP contribution in [0.1, 0.15) is 47.5 Å². The van der Waals surface area contributed by atoms with Crippen molar-refractivity contribution in [2.24, 2.45) is 5.92 Å². The molecule has 1 saturated heterocycles. The van der Waals surface area contributed by atoms with Crippen LogP contribution in [-0.4, -0.2) is 36.1 Å². The van der Waals surface area contributed by atoms with Gasteiger partial charge in [0.15, 0.2) is 0 Å². The van der Waals surface area contributed by atoms with E-state index in [0.717, 1.165) is 18.5 Å². The van der Waals surface area contributed by atoms with Crippen molar-refractivity contribution < 1.29 is 0 Å². The van der Waals surface area contributed by atoms with Crippen molar-refractivity contribution in [1.29, 1.82) is 0 Å². The average Bonchev–Trinajstić information content (AvgIpc) is 2.49. The minimum absolute atomic E-state index is 0.257. The lowest BCUT2D eigenvalue weighted by atomic mass is 10.0. The van der Waals surface area contributed by atoms with Crippen LogP contribution in [0.2, 0.25) is 0 Å². The van der Waals surface area contributed by atoms with E-state index in [1.54, 1.807) is 0 Å². The maximum absolute atomic E-state index is 3.57. The zero-order chi connectivity index (χ0) is 11.5. The van der Waals surface area contributed by atoms with E-state index in [4.69, 9.17) is 0 Å². The van der Waals surface area contributed by atoms with Gasteiger partial charge in [-0.2, -0.15) is 0 Å². The van der Waals surface area contributed by atoms with E-state index in [-0.39, 0.29) is 5.54 Å². The molecule has 1 unspecified atom stereocenters. The molecule has 1 N–H and O–H groups in total. The number of rotatable bonds is 4. The average molecular weight is 212 g/mol. The predicted octanol–water partition coefficient (Wildman–Crippen LogP) is 2.49. The fraction of sp³-hybridized carbons (Fsp3) is 1.00. The molecule has 15 heavy (non-hydrogen) atoms. The Morgan fingerprint density at radius 2 is 2.00 bits per heavy atom. The molecule has 1 rings (SSSR count). The van der Waals surface area contributed by atoms with Crippen LogP contribution in [0.4, 0.5) is 0 Å². The van der Waals surface area contributed by atoms with Gasteiger partial charge in [-0.3, -0.25) is 4.90 Å². The van der Waals surface area contributed by atoms with Gasteiger partial charge in [0, 0.05) is 24.7 Å². The summed E-state index contributed by atoms with van der Waals surface area (Å²) in [7, 11) is 0. The molecular weight excluding hydrogens is 184 g/mol. The van der Waals surface area contributed by atoms with Gasteiger partial charge in [0.05, 0.1) is 0 Å². The molecule has 0 amide bonds. The van der Waals surface area contributed by atoms with E-state index in [9.17, 15) is 0 Å². The number of hydrogen-bond acceptors (Lipinski definition) is 2. The van der Waals surface area contributed by atoms with Gasteiger partial charge in [0.1, 0.15) is 0 Å². The summed E-state index contributed by atoms with van der Waals surface area (Å²) in [5, 5.41) is 3.57. The van der Waals surface area contributed by atoms with Crippen molar-refractivity contribution in [2.75, 3.05) is 19.6 Å². The van der Waals surface area contributed by atoms with Gasteiger partial charge in [-0.25, -0.2) is 0 Å². The highest BCUT2D eigenvalue weighted by Gasteiger charge is 2.26. The highest BCUT2D eigenvalue weighted by molar-refractivity contribution is 4.82. The monoisotopic (exact) mass is 212 g/mol. The van der Waals surface area contributed by atoms with Crippen molar-refractivity contribution in [1.82, 2.24) is 10.2 Å². The maximum atomic E-state index is 3.57. The molecule has 90 valence electrons. The molecule has 0 aromatic heterocycles. The van der Waals surface area contributed by atoms with E-state index in [1.165, 1.54) is 25.9 Å². The van der Waals surface area contributed by atoms with Crippen molar-refractivity contribution >= 4 is 0 Å². The summed E-state index contributed by atoms with van der Waals surface area (Å²) in [5.41, 5.74) is 0.257. The third-order valence-electron chi connectivity index (χ3n) is 3.24. The van der Waals surface area contributed by atoms with Gasteiger partial charge < -0.3 is 5.32 Å². The van der Waals surface area contributed by atoms with E-state index in [1.807, 2.05) is 0 Å². The SMILES string of the molecule is CC(C)C1CCCN1CCNC(C)(C)C. The van der Waals surface area contributed by atoms with Crippen LogP contribution in [0.5, 0.6) is 0 Å². The normalized spacial score (nSPS) is 24.0. The Morgan fingerprint density at radius 3 is 2.53 bits per heavy atom. The summed E-state index contributed by atoms with van der Waals surface area (Å²) in [4.78, 5) is 2.66. The molecule has 1 fully saturated rings. The Labute approximate surface area is 95.4 Å². The quantitative estimate of drug-likeness (QED) is 0.770. The number of nitrogens with zero attached hydrogens (tertiary/aromatic N) is 1. The van der Waals surface area contributed by atoms with Crippen LogP contribution in [-0.2, 0) is 0 Å². The van der Waals surface area contributed by atoms with E-state index < -0.39 is 0 Å². The Hall–Kier alpha value is -0.0800. The largest absolute Gasteiger partial charge is 0.311 e. The molecule has 1 aliphatic heterocycles. The zero-order valence-electron chi connectivity index (χ0n) is 11.1. The Bertz CT molecular complexity index is 181. The fourth-order valence-corrected chi connectivity index (χ4v) is 2.46. The van der Waals surface area contributed by atoms with Crippen molar-refractivity contribution in [3.8, 4) is 0 Å².